The summed E-state index contributed by atoms with van der Waals surface area (Å²) >= 11 is 1.06. The number of aromatic carboxylic acids is 1. The third-order valence-corrected chi connectivity index (χ3v) is 8.81. The van der Waals surface area contributed by atoms with Crippen molar-refractivity contribution in [1.82, 2.24) is 10.2 Å². The van der Waals surface area contributed by atoms with Gasteiger partial charge in [-0.2, -0.15) is 0 Å². The minimum Gasteiger partial charge on any atom is -0.477 e. The van der Waals surface area contributed by atoms with E-state index in [2.05, 4.69) is 30.0 Å². The van der Waals surface area contributed by atoms with Crippen molar-refractivity contribution in [3.8, 4) is 24.7 Å². The first-order valence-corrected chi connectivity index (χ1v) is 17.9. The lowest BCUT2D eigenvalue weighted by atomic mass is 9.90. The predicted molar refractivity (Wildman–Crippen MR) is 199 cm³/mol. The first-order chi connectivity index (χ1) is 22.6. The Balaban J connectivity index is 0.000000861. The molecule has 0 atom stereocenters. The van der Waals surface area contributed by atoms with Crippen LogP contribution in [0.25, 0.3) is 0 Å². The van der Waals surface area contributed by atoms with Gasteiger partial charge < -0.3 is 30.1 Å². The Hall–Kier alpha value is -3.70. The molecule has 276 valence electrons. The molecule has 0 spiro atoms. The van der Waals surface area contributed by atoms with Gasteiger partial charge in [0.1, 0.15) is 10.5 Å². The number of carbonyl (C=O) groups excluding carboxylic acids is 2. The molecule has 0 aromatic carbocycles. The van der Waals surface area contributed by atoms with Crippen LogP contribution in [0.2, 0.25) is 0 Å². The van der Waals surface area contributed by atoms with E-state index < -0.39 is 12.1 Å². The van der Waals surface area contributed by atoms with Crippen molar-refractivity contribution < 1.29 is 34.1 Å². The number of carboxylic acids is 1. The number of terminal acetylenes is 1. The Morgan fingerprint density at radius 1 is 0.918 bits per heavy atom. The number of ether oxygens (including phenoxy) is 1. The van der Waals surface area contributed by atoms with Crippen LogP contribution >= 0.6 is 11.3 Å². The van der Waals surface area contributed by atoms with Crippen molar-refractivity contribution in [3.05, 3.63) is 15.8 Å². The first-order valence-electron chi connectivity index (χ1n) is 17.0. The van der Waals surface area contributed by atoms with Gasteiger partial charge in [-0.1, -0.05) is 57.8 Å². The van der Waals surface area contributed by atoms with Gasteiger partial charge in [-0.05, 0) is 92.6 Å². The summed E-state index contributed by atoms with van der Waals surface area (Å²) in [5, 5.41) is 20.8. The van der Waals surface area contributed by atoms with E-state index in [0.29, 0.717) is 42.7 Å². The van der Waals surface area contributed by atoms with E-state index in [0.717, 1.165) is 37.3 Å². The molecule has 1 saturated heterocycles. The summed E-state index contributed by atoms with van der Waals surface area (Å²) in [6, 6.07) is 1.36. The van der Waals surface area contributed by atoms with E-state index in [1.807, 2.05) is 41.5 Å². The molecule has 2 saturated carbocycles. The van der Waals surface area contributed by atoms with Gasteiger partial charge in [-0.25, -0.2) is 14.4 Å². The SMILES string of the molecule is C.C#C.C1CCCCC1.CC(C)(C)C#Cc1cc(N(C=O)C2CCC(NC(=O)O)CC2)c(C(=O)O)s1.CC(C)(C)OC(=O)N1CCCCC1. The highest BCUT2D eigenvalue weighted by molar-refractivity contribution is 7.15. The molecule has 3 amide bonds. The fourth-order valence-corrected chi connectivity index (χ4v) is 6.36. The Bertz CT molecular complexity index is 1220. The first kappa shape index (κ1) is 45.3. The number of hydrogen-bond acceptors (Lipinski definition) is 6. The predicted octanol–water partition coefficient (Wildman–Crippen LogP) is 9.02. The van der Waals surface area contributed by atoms with Crippen LogP contribution in [-0.2, 0) is 9.53 Å². The van der Waals surface area contributed by atoms with Gasteiger partial charge in [0.25, 0.3) is 0 Å². The Labute approximate surface area is 299 Å². The lowest BCUT2D eigenvalue weighted by Gasteiger charge is -2.34. The van der Waals surface area contributed by atoms with Crippen molar-refractivity contribution >= 4 is 41.6 Å². The quantitative estimate of drug-likeness (QED) is 0.206. The highest BCUT2D eigenvalue weighted by atomic mass is 32.1. The maximum absolute atomic E-state index is 11.8. The van der Waals surface area contributed by atoms with Crippen LogP contribution < -0.4 is 10.2 Å². The van der Waals surface area contributed by atoms with E-state index in [9.17, 15) is 24.3 Å². The molecule has 1 aromatic heterocycles. The Kier molecular flexibility index (Phi) is 21.1. The number of anilines is 1. The minimum atomic E-state index is -1.09. The van der Waals surface area contributed by atoms with Crippen LogP contribution in [0.5, 0.6) is 0 Å². The zero-order valence-electron chi connectivity index (χ0n) is 29.8. The molecule has 0 bridgehead atoms. The smallest absolute Gasteiger partial charge is 0.410 e. The second-order valence-corrected chi connectivity index (χ2v) is 15.3. The highest BCUT2D eigenvalue weighted by Crippen LogP contribution is 2.34. The molecule has 0 unspecified atom stereocenters. The number of nitrogens with one attached hydrogen (secondary N) is 1. The van der Waals surface area contributed by atoms with Crippen molar-refractivity contribution in [1.29, 1.82) is 0 Å². The van der Waals surface area contributed by atoms with Gasteiger partial charge >= 0.3 is 18.2 Å². The van der Waals surface area contributed by atoms with Gasteiger partial charge in [-0.15, -0.1) is 24.2 Å². The van der Waals surface area contributed by atoms with Crippen molar-refractivity contribution in [2.45, 2.75) is 150 Å². The number of nitrogens with zero attached hydrogens (tertiary/aromatic N) is 2. The third kappa shape index (κ3) is 18.6. The van der Waals surface area contributed by atoms with Gasteiger partial charge in [-0.3, -0.25) is 4.79 Å². The van der Waals surface area contributed by atoms with Crippen molar-refractivity contribution in [2.75, 3.05) is 18.0 Å². The molecule has 11 heteroatoms. The van der Waals surface area contributed by atoms with Crippen LogP contribution in [0.4, 0.5) is 15.3 Å². The van der Waals surface area contributed by atoms with Gasteiger partial charge in [0, 0.05) is 30.6 Å². The summed E-state index contributed by atoms with van der Waals surface area (Å²) in [4.78, 5) is 49.6. The number of carboxylic acid groups (broad SMARTS) is 2. The lowest BCUT2D eigenvalue weighted by Crippen LogP contribution is -2.43. The summed E-state index contributed by atoms with van der Waals surface area (Å²) in [6.07, 6.45) is 22.3. The summed E-state index contributed by atoms with van der Waals surface area (Å²) in [7, 11) is 0. The molecule has 2 aliphatic carbocycles. The fourth-order valence-electron chi connectivity index (χ4n) is 5.51. The number of amides is 3. The molecule has 4 rings (SSSR count). The number of likely N-dealkylation sites (tertiary alicyclic amines) is 1. The third-order valence-electron chi connectivity index (χ3n) is 7.78. The lowest BCUT2D eigenvalue weighted by molar-refractivity contribution is -0.108. The van der Waals surface area contributed by atoms with Gasteiger partial charge in [0.05, 0.1) is 10.6 Å². The highest BCUT2D eigenvalue weighted by Gasteiger charge is 2.30. The summed E-state index contributed by atoms with van der Waals surface area (Å²) in [6.45, 7) is 13.3. The maximum atomic E-state index is 11.8. The second kappa shape index (κ2) is 22.8. The second-order valence-electron chi connectivity index (χ2n) is 14.2. The number of thiophene rings is 1. The molecular weight excluding hydrogens is 642 g/mol. The zero-order chi connectivity index (χ0) is 36.3. The average Bonchev–Trinajstić information content (AvgIpc) is 3.47. The van der Waals surface area contributed by atoms with E-state index in [1.165, 1.54) is 49.8 Å². The van der Waals surface area contributed by atoms with Gasteiger partial charge in [0.15, 0.2) is 0 Å². The van der Waals surface area contributed by atoms with Crippen LogP contribution in [-0.4, -0.2) is 70.5 Å². The molecule has 49 heavy (non-hydrogen) atoms. The molecular formula is C38H61N3O7S. The van der Waals surface area contributed by atoms with Crippen LogP contribution in [0.1, 0.15) is 147 Å². The van der Waals surface area contributed by atoms with E-state index in [-0.39, 0.29) is 41.5 Å². The number of carbonyl (C=O) groups is 4. The number of rotatable bonds is 5. The van der Waals surface area contributed by atoms with Crippen LogP contribution in [0, 0.1) is 30.1 Å². The monoisotopic (exact) mass is 703 g/mol. The summed E-state index contributed by atoms with van der Waals surface area (Å²) in [5.41, 5.74) is -0.225. The van der Waals surface area contributed by atoms with Crippen molar-refractivity contribution in [2.24, 2.45) is 5.41 Å². The van der Waals surface area contributed by atoms with Crippen molar-refractivity contribution in [3.63, 3.8) is 0 Å². The van der Waals surface area contributed by atoms with Crippen LogP contribution in [0.15, 0.2) is 6.07 Å². The number of piperidine rings is 1. The molecule has 10 nitrogen and oxygen atoms in total. The Morgan fingerprint density at radius 3 is 1.82 bits per heavy atom. The normalized spacial score (nSPS) is 18.7. The maximum Gasteiger partial charge on any atom is 0.410 e. The number of hydrogen-bond donors (Lipinski definition) is 3. The fraction of sp³-hybridized carbons (Fsp3) is 0.684. The van der Waals surface area contributed by atoms with Crippen LogP contribution in [0.3, 0.4) is 0 Å². The zero-order valence-corrected chi connectivity index (χ0v) is 30.6. The largest absolute Gasteiger partial charge is 0.477 e. The molecule has 0 radical (unpaired) electrons. The molecule has 1 aromatic rings. The summed E-state index contributed by atoms with van der Waals surface area (Å²) in [5.74, 6) is 4.98. The van der Waals surface area contributed by atoms with E-state index in [1.54, 1.807) is 11.0 Å². The molecule has 2 heterocycles. The minimum absolute atomic E-state index is 0. The molecule has 1 aliphatic heterocycles. The summed E-state index contributed by atoms with van der Waals surface area (Å²) < 4.78 is 5.26. The topological polar surface area (TPSA) is 136 Å². The molecule has 3 fully saturated rings. The van der Waals surface area contributed by atoms with E-state index >= 15 is 0 Å². The Morgan fingerprint density at radius 2 is 1.41 bits per heavy atom. The standard InChI is InChI=1S/C19H24N2O5S.C10H19NO2.C6H12.C2H2.CH4/c1-19(2,3)9-8-14-10-15(16(27-14)17(23)24)21(11-22)13-6-4-12(5-7-13)20-18(25)26;1-10(2,3)13-9(12)11-7-5-4-6-8-11;1-2-4-6-5-3-1;1-2;/h10-13,20H,4-7H2,1-3H3,(H,23,24)(H,25,26);4-8H2,1-3H3;1-6H2;1-2H;1H4. The van der Waals surface area contributed by atoms with E-state index in [4.69, 9.17) is 9.84 Å². The molecule has 3 N–H and O–H groups in total. The van der Waals surface area contributed by atoms with Gasteiger partial charge in [0.2, 0.25) is 6.41 Å². The average molecular weight is 704 g/mol. The molecule has 3 aliphatic rings.